The largest absolute Gasteiger partial charge is 0.410 e. The number of alkyl halides is 5. The Hall–Kier alpha value is -3.96. The maximum Gasteiger partial charge on any atom is 0.410 e. The molecule has 1 aliphatic carbocycles. The average Bonchev–Trinajstić information content (AvgIpc) is 3.72. The predicted molar refractivity (Wildman–Crippen MR) is 129 cm³/mol. The smallest absolute Gasteiger partial charge is 0.378 e. The molecular weight excluding hydrogens is 573 g/mol. The molecule has 3 aliphatic rings. The number of ether oxygens (including phenoxy) is 1. The third-order valence-electron chi connectivity index (χ3n) is 8.22. The Kier molecular flexibility index (Phi) is 6.77. The zero-order valence-electron chi connectivity index (χ0n) is 22.2. The second-order valence-corrected chi connectivity index (χ2v) is 10.9. The number of nitrogens with one attached hydrogen (secondary N) is 2. The highest BCUT2D eigenvalue weighted by molar-refractivity contribution is 5.93. The summed E-state index contributed by atoms with van der Waals surface area (Å²) < 4.78 is 79.6. The molecule has 0 aromatic carbocycles. The maximum atomic E-state index is 14.0. The van der Waals surface area contributed by atoms with Crippen LogP contribution in [0.1, 0.15) is 65.7 Å². The lowest BCUT2D eigenvalue weighted by molar-refractivity contribution is -0.151. The molecule has 3 fully saturated rings. The van der Waals surface area contributed by atoms with Gasteiger partial charge in [-0.05, 0) is 30.8 Å². The average molecular weight is 600 g/mol. The number of halogens is 5. The topological polar surface area (TPSA) is 153 Å². The Labute approximate surface area is 234 Å². The molecule has 0 radical (unpaired) electrons. The summed E-state index contributed by atoms with van der Waals surface area (Å²) in [5.41, 5.74) is -0.660. The van der Waals surface area contributed by atoms with Crippen LogP contribution in [0.15, 0.2) is 17.0 Å². The van der Waals surface area contributed by atoms with E-state index in [4.69, 9.17) is 4.74 Å². The standard InChI is InChI=1S/C24H26F5N9O4/c1-12-17(36-42-35-12)19(39)34-18(13-2-4-23(25,26)5-3-13)14-9-38-20(31-14)32-15(8-30-38)22(6-7-41-11-22)37-10-16(24(27,28)29)33-21(37)40/h8-9,13,16,18H,2-7,10-11H2,1H3,(H,33,40)(H,34,39)/t16?,18-,22-/m0/s1. The summed E-state index contributed by atoms with van der Waals surface area (Å²) in [4.78, 5) is 35.8. The van der Waals surface area contributed by atoms with Crippen molar-refractivity contribution < 1.29 is 40.9 Å². The summed E-state index contributed by atoms with van der Waals surface area (Å²) in [6.07, 6.45) is -2.12. The summed E-state index contributed by atoms with van der Waals surface area (Å²) >= 11 is 0. The van der Waals surface area contributed by atoms with Gasteiger partial charge in [0, 0.05) is 25.9 Å². The van der Waals surface area contributed by atoms with E-state index in [2.05, 4.69) is 35.3 Å². The Morgan fingerprint density at radius 3 is 2.57 bits per heavy atom. The predicted octanol–water partition coefficient (Wildman–Crippen LogP) is 2.68. The summed E-state index contributed by atoms with van der Waals surface area (Å²) in [5, 5.41) is 16.3. The van der Waals surface area contributed by atoms with Crippen molar-refractivity contribution in [1.29, 1.82) is 0 Å². The number of aromatic nitrogens is 6. The van der Waals surface area contributed by atoms with Crippen LogP contribution < -0.4 is 10.6 Å². The van der Waals surface area contributed by atoms with Crippen molar-refractivity contribution >= 4 is 17.7 Å². The van der Waals surface area contributed by atoms with Crippen molar-refractivity contribution in [1.82, 2.24) is 45.4 Å². The maximum absolute atomic E-state index is 14.0. The van der Waals surface area contributed by atoms with E-state index >= 15 is 0 Å². The second kappa shape index (κ2) is 10.1. The van der Waals surface area contributed by atoms with Crippen molar-refractivity contribution in [3.05, 3.63) is 35.2 Å². The van der Waals surface area contributed by atoms with Gasteiger partial charge in [0.1, 0.15) is 17.3 Å². The summed E-state index contributed by atoms with van der Waals surface area (Å²) in [7, 11) is 0. The van der Waals surface area contributed by atoms with Gasteiger partial charge < -0.3 is 20.3 Å². The Morgan fingerprint density at radius 1 is 1.19 bits per heavy atom. The monoisotopic (exact) mass is 599 g/mol. The highest BCUT2D eigenvalue weighted by atomic mass is 19.4. The van der Waals surface area contributed by atoms with Crippen molar-refractivity contribution in [3.8, 4) is 0 Å². The number of carbonyl (C=O) groups is 2. The first-order chi connectivity index (χ1) is 19.9. The fraction of sp³-hybridized carbons (Fsp3) is 0.625. The molecule has 6 rings (SSSR count). The number of amides is 3. The summed E-state index contributed by atoms with van der Waals surface area (Å²) in [6, 6.07) is -3.77. The highest BCUT2D eigenvalue weighted by Crippen LogP contribution is 2.42. The summed E-state index contributed by atoms with van der Waals surface area (Å²) in [6.45, 7) is 0.990. The fourth-order valence-corrected chi connectivity index (χ4v) is 5.84. The van der Waals surface area contributed by atoms with Crippen LogP contribution in [-0.4, -0.2) is 84.6 Å². The van der Waals surface area contributed by atoms with Crippen LogP contribution in [0.5, 0.6) is 0 Å². The normalized spacial score (nSPS) is 25.6. The molecule has 0 bridgehead atoms. The molecule has 2 saturated heterocycles. The van der Waals surface area contributed by atoms with E-state index in [0.29, 0.717) is 0 Å². The van der Waals surface area contributed by atoms with E-state index in [1.807, 2.05) is 5.32 Å². The molecule has 5 heterocycles. The van der Waals surface area contributed by atoms with Gasteiger partial charge in [-0.1, -0.05) is 5.16 Å². The Morgan fingerprint density at radius 2 is 1.95 bits per heavy atom. The van der Waals surface area contributed by atoms with Crippen molar-refractivity contribution in [2.24, 2.45) is 5.92 Å². The number of aryl methyl sites for hydroxylation is 1. The molecule has 3 atom stereocenters. The van der Waals surface area contributed by atoms with E-state index in [9.17, 15) is 31.5 Å². The van der Waals surface area contributed by atoms with E-state index < -0.39 is 54.1 Å². The first-order valence-corrected chi connectivity index (χ1v) is 13.3. The lowest BCUT2D eigenvalue weighted by Crippen LogP contribution is -2.49. The lowest BCUT2D eigenvalue weighted by atomic mass is 9.81. The minimum Gasteiger partial charge on any atom is -0.378 e. The van der Waals surface area contributed by atoms with Gasteiger partial charge in [-0.3, -0.25) is 4.79 Å². The molecule has 42 heavy (non-hydrogen) atoms. The van der Waals surface area contributed by atoms with Crippen LogP contribution >= 0.6 is 0 Å². The molecule has 2 aliphatic heterocycles. The molecule has 18 heteroatoms. The number of hydrogen-bond acceptors (Lipinski definition) is 9. The van der Waals surface area contributed by atoms with Gasteiger partial charge in [-0.2, -0.15) is 18.3 Å². The van der Waals surface area contributed by atoms with Crippen molar-refractivity contribution in [2.45, 2.75) is 68.7 Å². The van der Waals surface area contributed by atoms with Crippen LogP contribution in [0.3, 0.4) is 0 Å². The van der Waals surface area contributed by atoms with Crippen LogP contribution in [0.4, 0.5) is 26.7 Å². The van der Waals surface area contributed by atoms with Gasteiger partial charge >= 0.3 is 12.2 Å². The quantitative estimate of drug-likeness (QED) is 0.408. The number of urea groups is 1. The number of imidazole rings is 1. The molecule has 3 aromatic heterocycles. The van der Waals surface area contributed by atoms with Gasteiger partial charge in [0.15, 0.2) is 5.69 Å². The third-order valence-corrected chi connectivity index (χ3v) is 8.22. The van der Waals surface area contributed by atoms with E-state index in [0.717, 1.165) is 4.90 Å². The second-order valence-electron chi connectivity index (χ2n) is 10.9. The van der Waals surface area contributed by atoms with E-state index in [-0.39, 0.29) is 73.9 Å². The molecule has 3 amide bonds. The highest BCUT2D eigenvalue weighted by Gasteiger charge is 2.55. The molecule has 1 unspecified atom stereocenters. The summed E-state index contributed by atoms with van der Waals surface area (Å²) in [5.74, 6) is -3.80. The number of hydrogen-bond donors (Lipinski definition) is 2. The molecule has 2 N–H and O–H groups in total. The van der Waals surface area contributed by atoms with Crippen LogP contribution in [-0.2, 0) is 10.3 Å². The minimum absolute atomic E-state index is 0.0421. The Balaban J connectivity index is 1.33. The zero-order chi connectivity index (χ0) is 29.9. The fourth-order valence-electron chi connectivity index (χ4n) is 5.84. The molecule has 1 saturated carbocycles. The first-order valence-electron chi connectivity index (χ1n) is 13.3. The van der Waals surface area contributed by atoms with Gasteiger partial charge in [-0.15, -0.1) is 0 Å². The van der Waals surface area contributed by atoms with Gasteiger partial charge in [0.05, 0.1) is 43.0 Å². The Bertz CT molecular complexity index is 1490. The van der Waals surface area contributed by atoms with Gasteiger partial charge in [0.25, 0.3) is 11.7 Å². The number of nitrogens with zero attached hydrogens (tertiary/aromatic N) is 7. The number of carbonyl (C=O) groups excluding carboxylic acids is 2. The molecule has 0 spiro atoms. The van der Waals surface area contributed by atoms with Crippen LogP contribution in [0, 0.1) is 12.8 Å². The number of fused-ring (bicyclic) bond motifs is 1. The molecule has 13 nitrogen and oxygen atoms in total. The molecule has 226 valence electrons. The number of rotatable bonds is 6. The van der Waals surface area contributed by atoms with Gasteiger partial charge in [-0.25, -0.2) is 32.7 Å². The molecule has 3 aromatic rings. The molecular formula is C24H26F5N9O4. The van der Waals surface area contributed by atoms with E-state index in [1.54, 1.807) is 0 Å². The SMILES string of the molecule is Cc1nonc1C(=O)N[C@H](c1cn2ncc([C@]3(N4CC(C(F)(F)F)NC4=O)CCOC3)nc2n1)C1CCC(F)(F)CC1. The lowest BCUT2D eigenvalue weighted by Gasteiger charge is -2.35. The van der Waals surface area contributed by atoms with Gasteiger partial charge in [0.2, 0.25) is 5.92 Å². The van der Waals surface area contributed by atoms with Crippen LogP contribution in [0.2, 0.25) is 0 Å². The van der Waals surface area contributed by atoms with Crippen LogP contribution in [0.25, 0.3) is 5.78 Å². The van der Waals surface area contributed by atoms with Crippen molar-refractivity contribution in [3.63, 3.8) is 0 Å². The first kappa shape index (κ1) is 28.2. The van der Waals surface area contributed by atoms with Crippen molar-refractivity contribution in [2.75, 3.05) is 19.8 Å². The minimum atomic E-state index is -4.64. The zero-order valence-corrected chi connectivity index (χ0v) is 22.2. The third kappa shape index (κ3) is 5.00. The van der Waals surface area contributed by atoms with E-state index in [1.165, 1.54) is 23.8 Å².